The van der Waals surface area contributed by atoms with Crippen molar-refractivity contribution >= 4 is 5.97 Å². The molecule has 0 radical (unpaired) electrons. The van der Waals surface area contributed by atoms with E-state index in [4.69, 9.17) is 18.9 Å². The van der Waals surface area contributed by atoms with Crippen molar-refractivity contribution in [3.05, 3.63) is 29.1 Å². The number of hydrogen-bond acceptors (Lipinski definition) is 6. The molecular formula is C28H43F5O6. The van der Waals surface area contributed by atoms with Gasteiger partial charge in [-0.05, 0) is 6.42 Å². The third-order valence-corrected chi connectivity index (χ3v) is 5.84. The van der Waals surface area contributed by atoms with Crippen LogP contribution in [0.15, 0.2) is 0 Å². The van der Waals surface area contributed by atoms with E-state index >= 15 is 0 Å². The molecule has 0 bridgehead atoms. The zero-order valence-electron chi connectivity index (χ0n) is 23.0. The number of carbonyl (C=O) groups is 1. The van der Waals surface area contributed by atoms with Gasteiger partial charge in [-0.15, -0.1) is 0 Å². The molecule has 11 heteroatoms. The second-order valence-electron chi connectivity index (χ2n) is 9.11. The molecule has 0 spiro atoms. The quantitative estimate of drug-likeness (QED) is 0.0313. The molecule has 1 aromatic carbocycles. The highest BCUT2D eigenvalue weighted by Gasteiger charge is 2.28. The largest absolute Gasteiger partial charge is 0.420 e. The molecule has 0 amide bonds. The summed E-state index contributed by atoms with van der Waals surface area (Å²) >= 11 is 0. The molecular weight excluding hydrogens is 527 g/mol. The van der Waals surface area contributed by atoms with Crippen molar-refractivity contribution in [2.45, 2.75) is 84.0 Å². The van der Waals surface area contributed by atoms with E-state index in [1.807, 2.05) is 0 Å². The lowest BCUT2D eigenvalue weighted by molar-refractivity contribution is -0.136. The van der Waals surface area contributed by atoms with Gasteiger partial charge in [0.05, 0.1) is 52.7 Å². The number of halogens is 5. The summed E-state index contributed by atoms with van der Waals surface area (Å²) in [6.45, 7) is 4.85. The molecule has 1 aromatic rings. The van der Waals surface area contributed by atoms with Gasteiger partial charge in [0.15, 0.2) is 0 Å². The first-order chi connectivity index (χ1) is 18.9. The van der Waals surface area contributed by atoms with Crippen LogP contribution in [-0.2, 0) is 23.7 Å². The lowest BCUT2D eigenvalue weighted by Crippen LogP contribution is -2.16. The Morgan fingerprint density at radius 1 is 0.487 bits per heavy atom. The average molecular weight is 571 g/mol. The number of carbonyl (C=O) groups excluding carboxylic acids is 1. The van der Waals surface area contributed by atoms with E-state index in [2.05, 4.69) is 11.7 Å². The summed E-state index contributed by atoms with van der Waals surface area (Å²) in [7, 11) is 0. The molecule has 226 valence electrons. The minimum Gasteiger partial charge on any atom is -0.420 e. The van der Waals surface area contributed by atoms with Gasteiger partial charge < -0.3 is 23.7 Å². The molecule has 0 atom stereocenters. The Balaban J connectivity index is 1.86. The first kappa shape index (κ1) is 35.2. The van der Waals surface area contributed by atoms with Crippen LogP contribution < -0.4 is 4.74 Å². The van der Waals surface area contributed by atoms with Crippen LogP contribution in [0.4, 0.5) is 22.0 Å². The lowest BCUT2D eigenvalue weighted by atomic mass is 10.1. The van der Waals surface area contributed by atoms with Crippen molar-refractivity contribution in [1.82, 2.24) is 0 Å². The predicted octanol–water partition coefficient (Wildman–Crippen LogP) is 7.06. The van der Waals surface area contributed by atoms with Gasteiger partial charge >= 0.3 is 5.97 Å². The van der Waals surface area contributed by atoms with Crippen LogP contribution in [0.3, 0.4) is 0 Å². The third-order valence-electron chi connectivity index (χ3n) is 5.84. The second kappa shape index (κ2) is 22.9. The van der Waals surface area contributed by atoms with E-state index in [1.54, 1.807) is 0 Å². The standard InChI is InChI=1S/C28H43F5O6/c1-2-3-4-5-6-7-8-9-10-11-12-14-35-16-18-37-20-21-38-19-17-36-15-13-22(34)39-28-26(32)24(30)23(29)25(31)27(28)33/h2-21H2,1H3. The van der Waals surface area contributed by atoms with Crippen LogP contribution in [0.25, 0.3) is 0 Å². The fourth-order valence-corrected chi connectivity index (χ4v) is 3.62. The van der Waals surface area contributed by atoms with Crippen LogP contribution >= 0.6 is 0 Å². The first-order valence-electron chi connectivity index (χ1n) is 13.9. The molecule has 6 nitrogen and oxygen atoms in total. The normalized spacial score (nSPS) is 11.3. The van der Waals surface area contributed by atoms with E-state index < -0.39 is 47.2 Å². The average Bonchev–Trinajstić information content (AvgIpc) is 2.93. The summed E-state index contributed by atoms with van der Waals surface area (Å²) in [5.41, 5.74) is 0. The van der Waals surface area contributed by atoms with Crippen LogP contribution in [0, 0.1) is 29.1 Å². The van der Waals surface area contributed by atoms with Crippen LogP contribution in [0.1, 0.15) is 84.0 Å². The fourth-order valence-electron chi connectivity index (χ4n) is 3.62. The summed E-state index contributed by atoms with van der Waals surface area (Å²) in [4.78, 5) is 11.6. The molecule has 0 saturated heterocycles. The highest BCUT2D eigenvalue weighted by atomic mass is 19.2. The number of benzene rings is 1. The van der Waals surface area contributed by atoms with E-state index in [0.717, 1.165) is 13.0 Å². The first-order valence-corrected chi connectivity index (χ1v) is 13.9. The molecule has 0 aliphatic rings. The smallest absolute Gasteiger partial charge is 0.313 e. The van der Waals surface area contributed by atoms with Gasteiger partial charge in [-0.1, -0.05) is 71.1 Å². The van der Waals surface area contributed by atoms with Gasteiger partial charge in [0.25, 0.3) is 0 Å². The van der Waals surface area contributed by atoms with E-state index in [1.165, 1.54) is 64.2 Å². The summed E-state index contributed by atoms with van der Waals surface area (Å²) < 4.78 is 91.9. The third kappa shape index (κ3) is 16.1. The van der Waals surface area contributed by atoms with Crippen molar-refractivity contribution in [3.8, 4) is 5.75 Å². The molecule has 0 heterocycles. The van der Waals surface area contributed by atoms with Gasteiger partial charge in [-0.3, -0.25) is 4.79 Å². The highest BCUT2D eigenvalue weighted by Crippen LogP contribution is 2.29. The van der Waals surface area contributed by atoms with Crippen molar-refractivity contribution < 1.29 is 50.4 Å². The Morgan fingerprint density at radius 2 is 0.846 bits per heavy atom. The molecule has 0 fully saturated rings. The van der Waals surface area contributed by atoms with E-state index in [0.29, 0.717) is 26.4 Å². The maximum Gasteiger partial charge on any atom is 0.313 e. The SMILES string of the molecule is CCCCCCCCCCCCCOCCOCCOCCOCCC(=O)Oc1c(F)c(F)c(F)c(F)c1F. The summed E-state index contributed by atoms with van der Waals surface area (Å²) in [6.07, 6.45) is 13.8. The van der Waals surface area contributed by atoms with Crippen molar-refractivity contribution in [3.63, 3.8) is 0 Å². The molecule has 0 aromatic heterocycles. The summed E-state index contributed by atoms with van der Waals surface area (Å²) in [5.74, 6) is -14.0. The topological polar surface area (TPSA) is 63.2 Å². The number of unbranched alkanes of at least 4 members (excludes halogenated alkanes) is 10. The van der Waals surface area contributed by atoms with Gasteiger partial charge in [-0.25, -0.2) is 13.2 Å². The molecule has 0 aliphatic heterocycles. The number of hydrogen-bond donors (Lipinski definition) is 0. The number of esters is 1. The molecule has 0 aliphatic carbocycles. The Kier molecular flexibility index (Phi) is 20.7. The Morgan fingerprint density at radius 3 is 1.31 bits per heavy atom. The van der Waals surface area contributed by atoms with Crippen molar-refractivity contribution in [2.75, 3.05) is 52.9 Å². The summed E-state index contributed by atoms with van der Waals surface area (Å²) in [6, 6.07) is 0. The lowest BCUT2D eigenvalue weighted by Gasteiger charge is -2.09. The highest BCUT2D eigenvalue weighted by molar-refractivity contribution is 5.72. The summed E-state index contributed by atoms with van der Waals surface area (Å²) in [5, 5.41) is 0. The zero-order valence-corrected chi connectivity index (χ0v) is 23.0. The van der Waals surface area contributed by atoms with Gasteiger partial charge in [-0.2, -0.15) is 8.78 Å². The maximum absolute atomic E-state index is 13.5. The molecule has 0 unspecified atom stereocenters. The minimum atomic E-state index is -2.33. The van der Waals surface area contributed by atoms with Gasteiger partial charge in [0.1, 0.15) is 0 Å². The van der Waals surface area contributed by atoms with E-state index in [-0.39, 0.29) is 19.8 Å². The molecule has 39 heavy (non-hydrogen) atoms. The van der Waals surface area contributed by atoms with E-state index in [9.17, 15) is 26.7 Å². The van der Waals surface area contributed by atoms with Gasteiger partial charge in [0.2, 0.25) is 34.8 Å². The molecule has 0 saturated carbocycles. The molecule has 0 N–H and O–H groups in total. The molecule has 1 rings (SSSR count). The van der Waals surface area contributed by atoms with Crippen molar-refractivity contribution in [2.24, 2.45) is 0 Å². The second-order valence-corrected chi connectivity index (χ2v) is 9.11. The maximum atomic E-state index is 13.5. The van der Waals surface area contributed by atoms with Crippen LogP contribution in [-0.4, -0.2) is 58.8 Å². The fraction of sp³-hybridized carbons (Fsp3) is 0.750. The predicted molar refractivity (Wildman–Crippen MR) is 136 cm³/mol. The monoisotopic (exact) mass is 570 g/mol. The van der Waals surface area contributed by atoms with Gasteiger partial charge in [0, 0.05) is 6.61 Å². The Labute approximate surface area is 228 Å². The minimum absolute atomic E-state index is 0.123. The Hall–Kier alpha value is -1.82. The van der Waals surface area contributed by atoms with Crippen molar-refractivity contribution in [1.29, 1.82) is 0 Å². The van der Waals surface area contributed by atoms with Crippen LogP contribution in [0.5, 0.6) is 5.75 Å². The number of rotatable bonds is 25. The zero-order chi connectivity index (χ0) is 28.7. The number of ether oxygens (including phenoxy) is 5. The Bertz CT molecular complexity index is 767. The van der Waals surface area contributed by atoms with Crippen LogP contribution in [0.2, 0.25) is 0 Å².